The summed E-state index contributed by atoms with van der Waals surface area (Å²) < 4.78 is 35.4. The summed E-state index contributed by atoms with van der Waals surface area (Å²) in [5, 5.41) is 30.3. The molecule has 0 bridgehead atoms. The lowest BCUT2D eigenvalue weighted by molar-refractivity contribution is -0.383. The van der Waals surface area contributed by atoms with Crippen molar-refractivity contribution in [2.75, 3.05) is 11.9 Å². The van der Waals surface area contributed by atoms with E-state index < -0.39 is 53.5 Å². The first kappa shape index (κ1) is 41.1. The normalized spacial score (nSPS) is 19.9. The Morgan fingerprint density at radius 2 is 1.42 bits per heavy atom. The van der Waals surface area contributed by atoms with Gasteiger partial charge in [0.2, 0.25) is 5.52 Å². The topological polar surface area (TPSA) is 222 Å². The van der Waals surface area contributed by atoms with Gasteiger partial charge in [-0.05, 0) is 22.8 Å². The lowest BCUT2D eigenvalue weighted by Crippen LogP contribution is -2.63. The van der Waals surface area contributed by atoms with Crippen molar-refractivity contribution in [3.8, 4) is 0 Å². The molecule has 53 heavy (non-hydrogen) atoms. The largest absolute Gasteiger partial charge is 0.456 e. The van der Waals surface area contributed by atoms with Crippen molar-refractivity contribution in [2.45, 2.75) is 149 Å². The Balaban J connectivity index is 1.38. The van der Waals surface area contributed by atoms with Crippen molar-refractivity contribution in [3.63, 3.8) is 0 Å². The minimum atomic E-state index is -1.34. The predicted octanol–water partition coefficient (Wildman–Crippen LogP) is 5.57. The van der Waals surface area contributed by atoms with Crippen LogP contribution in [0.2, 0.25) is 0 Å². The fourth-order valence-corrected chi connectivity index (χ4v) is 6.30. The lowest BCUT2D eigenvalue weighted by Gasteiger charge is -2.44. The van der Waals surface area contributed by atoms with E-state index in [1.807, 2.05) is 0 Å². The Labute approximate surface area is 307 Å². The number of carbonyl (C=O) groups excluding carboxylic acids is 3. The van der Waals surface area contributed by atoms with Gasteiger partial charge in [0.1, 0.15) is 11.8 Å². The molecule has 2 aromatic heterocycles. The van der Waals surface area contributed by atoms with E-state index >= 15 is 0 Å². The SMILES string of the molecule is CCCCCCCCCCCCCCn1cc(CO[C@@H]2O[C@H](CNc3ccc([N+](=O)[O-])c4nonc34)[C@H](OC(C)=O)[C@H](OC(C)=O)[C@H]2OC(C)=O)nn1. The Morgan fingerprint density at radius 1 is 0.830 bits per heavy atom. The van der Waals surface area contributed by atoms with Gasteiger partial charge >= 0.3 is 23.6 Å². The van der Waals surface area contributed by atoms with Gasteiger partial charge in [0.15, 0.2) is 30.1 Å². The van der Waals surface area contributed by atoms with Crippen molar-refractivity contribution in [1.82, 2.24) is 25.3 Å². The third-order valence-corrected chi connectivity index (χ3v) is 8.80. The molecule has 3 heterocycles. The Kier molecular flexibility index (Phi) is 16.3. The highest BCUT2D eigenvalue weighted by Crippen LogP contribution is 2.32. The van der Waals surface area contributed by atoms with Crippen molar-refractivity contribution in [2.24, 2.45) is 0 Å². The van der Waals surface area contributed by atoms with Gasteiger partial charge in [-0.2, -0.15) is 0 Å². The predicted molar refractivity (Wildman–Crippen MR) is 188 cm³/mol. The molecule has 1 N–H and O–H groups in total. The number of esters is 3. The van der Waals surface area contributed by atoms with E-state index in [2.05, 4.69) is 32.9 Å². The van der Waals surface area contributed by atoms with E-state index in [1.165, 1.54) is 90.2 Å². The van der Waals surface area contributed by atoms with Crippen LogP contribution in [0.1, 0.15) is 110 Å². The fraction of sp³-hybridized carbons (Fsp3) is 0.686. The Bertz CT molecular complexity index is 1630. The molecule has 18 nitrogen and oxygen atoms in total. The van der Waals surface area contributed by atoms with Crippen LogP contribution in [0, 0.1) is 10.1 Å². The standard InChI is InChI=1S/C35H51N7O11/c1-5-6-7-8-9-10-11-12-13-14-15-16-19-41-21-26(37-40-41)22-48-35-34(51-25(4)45)33(50-24(3)44)32(49-23(2)43)29(52-35)20-36-27-17-18-28(42(46)47)31-30(27)38-53-39-31/h17-18,21,29,32-36H,5-16,19-20,22H2,1-4H3/t29-,32+,33+,34-,35-/m1/s1. The minimum absolute atomic E-state index is 0.0766. The summed E-state index contributed by atoms with van der Waals surface area (Å²) in [6.45, 7) is 6.22. The zero-order valence-electron chi connectivity index (χ0n) is 30.9. The molecule has 0 unspecified atom stereocenters. The number of aromatic nitrogens is 5. The van der Waals surface area contributed by atoms with E-state index in [-0.39, 0.29) is 29.9 Å². The molecule has 0 aliphatic carbocycles. The first-order valence-electron chi connectivity index (χ1n) is 18.4. The molecule has 5 atom stereocenters. The summed E-state index contributed by atoms with van der Waals surface area (Å²) in [5.41, 5.74) is 0.471. The second-order valence-corrected chi connectivity index (χ2v) is 13.2. The third-order valence-electron chi connectivity index (χ3n) is 8.80. The van der Waals surface area contributed by atoms with E-state index in [0.29, 0.717) is 17.9 Å². The highest BCUT2D eigenvalue weighted by molar-refractivity contribution is 5.93. The minimum Gasteiger partial charge on any atom is -0.456 e. The second kappa shape index (κ2) is 21.1. The van der Waals surface area contributed by atoms with Crippen LogP contribution in [0.15, 0.2) is 23.0 Å². The van der Waals surface area contributed by atoms with Gasteiger partial charge in [-0.1, -0.05) is 82.8 Å². The van der Waals surface area contributed by atoms with Crippen molar-refractivity contribution >= 4 is 40.3 Å². The number of fused-ring (bicyclic) bond motifs is 1. The maximum Gasteiger partial charge on any atom is 0.303 e. The molecule has 1 aromatic carbocycles. The summed E-state index contributed by atoms with van der Waals surface area (Å²) >= 11 is 0. The van der Waals surface area contributed by atoms with Crippen molar-refractivity contribution in [3.05, 3.63) is 34.1 Å². The molecule has 0 radical (unpaired) electrons. The summed E-state index contributed by atoms with van der Waals surface area (Å²) in [7, 11) is 0. The number of hydrogen-bond acceptors (Lipinski definition) is 16. The fourth-order valence-electron chi connectivity index (χ4n) is 6.30. The van der Waals surface area contributed by atoms with Crippen LogP contribution in [0.4, 0.5) is 11.4 Å². The van der Waals surface area contributed by atoms with Crippen LogP contribution in [-0.2, 0) is 51.2 Å². The Hall–Kier alpha value is -4.71. The van der Waals surface area contributed by atoms with Gasteiger partial charge in [-0.3, -0.25) is 29.2 Å². The number of ether oxygens (including phenoxy) is 5. The molecule has 0 saturated carbocycles. The molecule has 4 rings (SSSR count). The highest BCUT2D eigenvalue weighted by Gasteiger charge is 2.52. The van der Waals surface area contributed by atoms with Gasteiger partial charge in [-0.25, -0.2) is 4.63 Å². The third kappa shape index (κ3) is 12.7. The molecule has 1 saturated heterocycles. The molecule has 292 valence electrons. The number of rotatable bonds is 23. The average Bonchev–Trinajstić information content (AvgIpc) is 3.79. The van der Waals surface area contributed by atoms with E-state index in [0.717, 1.165) is 19.8 Å². The van der Waals surface area contributed by atoms with E-state index in [1.54, 1.807) is 10.9 Å². The zero-order valence-corrected chi connectivity index (χ0v) is 30.9. The monoisotopic (exact) mass is 745 g/mol. The number of carbonyl (C=O) groups is 3. The number of nitrogens with one attached hydrogen (secondary N) is 1. The number of anilines is 1. The van der Waals surface area contributed by atoms with Crippen LogP contribution in [0.3, 0.4) is 0 Å². The van der Waals surface area contributed by atoms with Crippen LogP contribution in [-0.4, -0.2) is 85.4 Å². The van der Waals surface area contributed by atoms with Gasteiger partial charge in [0.05, 0.1) is 23.4 Å². The maximum atomic E-state index is 12.3. The molecule has 1 aliphatic rings. The number of benzene rings is 1. The summed E-state index contributed by atoms with van der Waals surface area (Å²) in [4.78, 5) is 47.6. The van der Waals surface area contributed by atoms with Gasteiger partial charge in [-0.15, -0.1) is 5.10 Å². The molecule has 1 aliphatic heterocycles. The average molecular weight is 746 g/mol. The summed E-state index contributed by atoms with van der Waals surface area (Å²) in [6.07, 6.45) is 10.5. The van der Waals surface area contributed by atoms with E-state index in [4.69, 9.17) is 28.3 Å². The first-order chi connectivity index (χ1) is 25.6. The van der Waals surface area contributed by atoms with Crippen molar-refractivity contribution in [1.29, 1.82) is 0 Å². The smallest absolute Gasteiger partial charge is 0.303 e. The number of hydrogen-bond donors (Lipinski definition) is 1. The number of aryl methyl sites for hydroxylation is 1. The molecule has 18 heteroatoms. The number of unbranched alkanes of at least 4 members (excludes halogenated alkanes) is 11. The molecule has 3 aromatic rings. The number of nitro groups is 1. The molecule has 1 fully saturated rings. The first-order valence-corrected chi connectivity index (χ1v) is 18.4. The van der Waals surface area contributed by atoms with Crippen LogP contribution in [0.25, 0.3) is 11.0 Å². The molecule has 0 spiro atoms. The van der Waals surface area contributed by atoms with Crippen LogP contribution in [0.5, 0.6) is 0 Å². The second-order valence-electron chi connectivity index (χ2n) is 13.2. The van der Waals surface area contributed by atoms with Crippen LogP contribution >= 0.6 is 0 Å². The summed E-state index contributed by atoms with van der Waals surface area (Å²) in [5.74, 6) is -2.17. The number of nitrogens with zero attached hydrogens (tertiary/aromatic N) is 6. The van der Waals surface area contributed by atoms with Gasteiger partial charge in [0.25, 0.3) is 0 Å². The zero-order chi connectivity index (χ0) is 38.2. The molecular formula is C35H51N7O11. The van der Waals surface area contributed by atoms with E-state index in [9.17, 15) is 24.5 Å². The molecular weight excluding hydrogens is 694 g/mol. The quantitative estimate of drug-likeness (QED) is 0.0412. The highest BCUT2D eigenvalue weighted by atomic mass is 16.7. The van der Waals surface area contributed by atoms with Gasteiger partial charge in [0, 0.05) is 39.9 Å². The van der Waals surface area contributed by atoms with Crippen LogP contribution < -0.4 is 5.32 Å². The molecule has 0 amide bonds. The Morgan fingerprint density at radius 3 is 2.04 bits per heavy atom. The number of nitro benzene ring substituents is 1. The van der Waals surface area contributed by atoms with Crippen molar-refractivity contribution < 1.29 is 47.6 Å². The van der Waals surface area contributed by atoms with Gasteiger partial charge < -0.3 is 29.0 Å². The lowest BCUT2D eigenvalue weighted by atomic mass is 9.97. The summed E-state index contributed by atoms with van der Waals surface area (Å²) in [6, 6.07) is 2.64. The number of non-ortho nitro benzene ring substituents is 1. The maximum absolute atomic E-state index is 12.3.